The number of carbonyl (C=O) groups is 1. The summed E-state index contributed by atoms with van der Waals surface area (Å²) < 4.78 is 11.5. The van der Waals surface area contributed by atoms with Gasteiger partial charge in [0.15, 0.2) is 11.5 Å². The van der Waals surface area contributed by atoms with E-state index in [1.807, 2.05) is 42.5 Å². The van der Waals surface area contributed by atoms with Crippen molar-refractivity contribution in [3.8, 4) is 17.6 Å². The normalized spacial score (nSPS) is 11.1. The Morgan fingerprint density at radius 2 is 1.67 bits per heavy atom. The van der Waals surface area contributed by atoms with Crippen LogP contribution in [0.5, 0.6) is 11.5 Å². The molecule has 5 heteroatoms. The molecule has 0 heterocycles. The first-order chi connectivity index (χ1) is 17.7. The van der Waals surface area contributed by atoms with Gasteiger partial charge in [-0.2, -0.15) is 5.26 Å². The van der Waals surface area contributed by atoms with Crippen LogP contribution in [-0.2, 0) is 17.8 Å². The van der Waals surface area contributed by atoms with Gasteiger partial charge in [-0.15, -0.1) is 0 Å². The third kappa shape index (κ3) is 6.52. The van der Waals surface area contributed by atoms with E-state index in [0.29, 0.717) is 30.2 Å². The number of fused-ring (bicyclic) bond motifs is 1. The molecular formula is C31H28N2O3. The number of hydrogen-bond donors (Lipinski definition) is 1. The van der Waals surface area contributed by atoms with E-state index >= 15 is 0 Å². The number of nitrogens with one attached hydrogen (secondary N) is 1. The number of ether oxygens (including phenoxy) is 2. The van der Waals surface area contributed by atoms with Crippen molar-refractivity contribution in [2.75, 3.05) is 13.7 Å². The minimum Gasteiger partial charge on any atom is -0.493 e. The molecule has 1 amide bonds. The van der Waals surface area contributed by atoms with Crippen molar-refractivity contribution in [1.82, 2.24) is 5.32 Å². The third-order valence-corrected chi connectivity index (χ3v) is 5.84. The molecule has 0 spiro atoms. The minimum absolute atomic E-state index is 0.0431. The molecule has 0 aliphatic rings. The van der Waals surface area contributed by atoms with Gasteiger partial charge < -0.3 is 14.8 Å². The summed E-state index contributed by atoms with van der Waals surface area (Å²) in [5, 5.41) is 14.7. The Morgan fingerprint density at radius 3 is 2.44 bits per heavy atom. The molecule has 180 valence electrons. The summed E-state index contributed by atoms with van der Waals surface area (Å²) in [7, 11) is 1.57. The molecule has 0 bridgehead atoms. The molecule has 4 aromatic carbocycles. The van der Waals surface area contributed by atoms with Crippen molar-refractivity contribution in [1.29, 1.82) is 5.26 Å². The highest BCUT2D eigenvalue weighted by molar-refractivity contribution is 6.01. The van der Waals surface area contributed by atoms with Gasteiger partial charge in [-0.05, 0) is 64.6 Å². The highest BCUT2D eigenvalue weighted by Gasteiger charge is 2.11. The Balaban J connectivity index is 1.37. The first kappa shape index (κ1) is 24.6. The Hall–Kier alpha value is -4.56. The molecule has 0 unspecified atom stereocenters. The molecule has 4 aromatic rings. The molecule has 0 atom stereocenters. The first-order valence-electron chi connectivity index (χ1n) is 11.9. The van der Waals surface area contributed by atoms with Crippen molar-refractivity contribution in [3.63, 3.8) is 0 Å². The second-order valence-electron chi connectivity index (χ2n) is 8.40. The summed E-state index contributed by atoms with van der Waals surface area (Å²) in [6, 6.07) is 31.9. The van der Waals surface area contributed by atoms with E-state index in [0.717, 1.165) is 23.8 Å². The topological polar surface area (TPSA) is 71.3 Å². The summed E-state index contributed by atoms with van der Waals surface area (Å²) in [5.41, 5.74) is 3.00. The third-order valence-electron chi connectivity index (χ3n) is 5.84. The van der Waals surface area contributed by atoms with Gasteiger partial charge in [0.1, 0.15) is 18.2 Å². The lowest BCUT2D eigenvalue weighted by Crippen LogP contribution is -2.25. The highest BCUT2D eigenvalue weighted by Crippen LogP contribution is 2.30. The number of carbonyl (C=O) groups excluding carboxylic acids is 1. The molecule has 1 N–H and O–H groups in total. The zero-order chi connectivity index (χ0) is 25.2. The fraction of sp³-hybridized carbons (Fsp3) is 0.161. The van der Waals surface area contributed by atoms with Gasteiger partial charge >= 0.3 is 0 Å². The number of nitrogens with zero attached hydrogens (tertiary/aromatic N) is 1. The molecule has 0 saturated carbocycles. The molecule has 0 radical (unpaired) electrons. The van der Waals surface area contributed by atoms with E-state index in [4.69, 9.17) is 9.47 Å². The van der Waals surface area contributed by atoms with Crippen LogP contribution in [0, 0.1) is 11.3 Å². The maximum absolute atomic E-state index is 12.5. The molecule has 0 fully saturated rings. The predicted octanol–water partition coefficient (Wildman–Crippen LogP) is 6.08. The number of aryl methyl sites for hydroxylation is 1. The van der Waals surface area contributed by atoms with Gasteiger partial charge in [-0.25, -0.2) is 0 Å². The average molecular weight is 477 g/mol. The van der Waals surface area contributed by atoms with Gasteiger partial charge in [0.05, 0.1) is 7.11 Å². The van der Waals surface area contributed by atoms with Gasteiger partial charge in [0, 0.05) is 6.54 Å². The number of benzene rings is 4. The van der Waals surface area contributed by atoms with E-state index in [1.54, 1.807) is 31.4 Å². The monoisotopic (exact) mass is 476 g/mol. The summed E-state index contributed by atoms with van der Waals surface area (Å²) in [6.07, 6.45) is 3.22. The fourth-order valence-electron chi connectivity index (χ4n) is 3.93. The van der Waals surface area contributed by atoms with Gasteiger partial charge in [0.2, 0.25) is 0 Å². The Bertz CT molecular complexity index is 1400. The van der Waals surface area contributed by atoms with Crippen LogP contribution in [0.1, 0.15) is 23.1 Å². The van der Waals surface area contributed by atoms with Crippen LogP contribution in [0.25, 0.3) is 16.8 Å². The fourth-order valence-corrected chi connectivity index (χ4v) is 3.93. The van der Waals surface area contributed by atoms with Crippen molar-refractivity contribution in [2.45, 2.75) is 19.4 Å². The van der Waals surface area contributed by atoms with Gasteiger partial charge in [0.25, 0.3) is 5.91 Å². The number of rotatable bonds is 10. The van der Waals surface area contributed by atoms with Gasteiger partial charge in [-0.3, -0.25) is 4.79 Å². The van der Waals surface area contributed by atoms with E-state index in [1.165, 1.54) is 10.9 Å². The second kappa shape index (κ2) is 12.2. The largest absolute Gasteiger partial charge is 0.493 e. The average Bonchev–Trinajstić information content (AvgIpc) is 2.93. The molecule has 0 aliphatic heterocycles. The Labute approximate surface area is 211 Å². The van der Waals surface area contributed by atoms with E-state index in [-0.39, 0.29) is 11.5 Å². The SMILES string of the molecule is COc1cc(/C=C(/C#N)C(=O)NCCCc2ccccc2)ccc1OCc1ccc2ccccc2c1. The molecule has 36 heavy (non-hydrogen) atoms. The number of methoxy groups -OCH3 is 1. The lowest BCUT2D eigenvalue weighted by Gasteiger charge is -2.12. The Morgan fingerprint density at radius 1 is 0.889 bits per heavy atom. The lowest BCUT2D eigenvalue weighted by atomic mass is 10.1. The number of amides is 1. The van der Waals surface area contributed by atoms with Crippen LogP contribution in [0.4, 0.5) is 0 Å². The number of hydrogen-bond acceptors (Lipinski definition) is 4. The summed E-state index contributed by atoms with van der Waals surface area (Å²) >= 11 is 0. The van der Waals surface area contributed by atoms with Crippen molar-refractivity contribution in [3.05, 3.63) is 113 Å². The predicted molar refractivity (Wildman–Crippen MR) is 143 cm³/mol. The van der Waals surface area contributed by atoms with Crippen LogP contribution < -0.4 is 14.8 Å². The zero-order valence-corrected chi connectivity index (χ0v) is 20.2. The quantitative estimate of drug-likeness (QED) is 0.171. The smallest absolute Gasteiger partial charge is 0.261 e. The first-order valence-corrected chi connectivity index (χ1v) is 11.9. The van der Waals surface area contributed by atoms with Crippen molar-refractivity contribution in [2.24, 2.45) is 0 Å². The molecule has 5 nitrogen and oxygen atoms in total. The lowest BCUT2D eigenvalue weighted by molar-refractivity contribution is -0.117. The van der Waals surface area contributed by atoms with Crippen LogP contribution in [0.2, 0.25) is 0 Å². The minimum atomic E-state index is -0.388. The molecule has 0 aliphatic carbocycles. The highest BCUT2D eigenvalue weighted by atomic mass is 16.5. The zero-order valence-electron chi connectivity index (χ0n) is 20.2. The molecular weight excluding hydrogens is 448 g/mol. The van der Waals surface area contributed by atoms with E-state index in [2.05, 4.69) is 41.7 Å². The number of nitriles is 1. The Kier molecular flexibility index (Phi) is 8.35. The van der Waals surface area contributed by atoms with E-state index in [9.17, 15) is 10.1 Å². The van der Waals surface area contributed by atoms with Crippen molar-refractivity contribution >= 4 is 22.8 Å². The maximum atomic E-state index is 12.5. The van der Waals surface area contributed by atoms with Gasteiger partial charge in [-0.1, -0.05) is 72.8 Å². The van der Waals surface area contributed by atoms with Crippen LogP contribution in [0.15, 0.2) is 96.6 Å². The van der Waals surface area contributed by atoms with Crippen LogP contribution in [0.3, 0.4) is 0 Å². The summed E-state index contributed by atoms with van der Waals surface area (Å²) in [4.78, 5) is 12.5. The summed E-state index contributed by atoms with van der Waals surface area (Å²) in [6.45, 7) is 0.892. The standard InChI is InChI=1S/C31H28N2O3/c1-35-30-20-24(18-28(21-32)31(34)33-17-7-10-23-8-3-2-4-9-23)14-16-29(30)36-22-25-13-15-26-11-5-6-12-27(26)19-25/h2-6,8-9,11-16,18-20H,7,10,17,22H2,1H3,(H,33,34)/b28-18-. The summed E-state index contributed by atoms with van der Waals surface area (Å²) in [5.74, 6) is 0.734. The van der Waals surface area contributed by atoms with Crippen LogP contribution in [-0.4, -0.2) is 19.6 Å². The maximum Gasteiger partial charge on any atom is 0.261 e. The molecule has 0 saturated heterocycles. The molecule has 4 rings (SSSR count). The molecule has 0 aromatic heterocycles. The van der Waals surface area contributed by atoms with Crippen molar-refractivity contribution < 1.29 is 14.3 Å². The second-order valence-corrected chi connectivity index (χ2v) is 8.40. The van der Waals surface area contributed by atoms with E-state index < -0.39 is 0 Å². The van der Waals surface area contributed by atoms with Crippen LogP contribution >= 0.6 is 0 Å².